The van der Waals surface area contributed by atoms with Crippen molar-refractivity contribution in [1.29, 1.82) is 0 Å². The monoisotopic (exact) mass is 232 g/mol. The number of nitrogens with one attached hydrogen (secondary N) is 1. The van der Waals surface area contributed by atoms with Crippen LogP contribution < -0.4 is 11.1 Å². The summed E-state index contributed by atoms with van der Waals surface area (Å²) in [6.07, 6.45) is -0.347. The van der Waals surface area contributed by atoms with Crippen molar-refractivity contribution in [2.75, 3.05) is 31.8 Å². The van der Waals surface area contributed by atoms with Gasteiger partial charge >= 0.3 is 0 Å². The number of ether oxygens (including phenoxy) is 2. The molecule has 0 spiro atoms. The summed E-state index contributed by atoms with van der Waals surface area (Å²) in [4.78, 5) is 7.67. The van der Waals surface area contributed by atoms with Gasteiger partial charge < -0.3 is 20.5 Å². The van der Waals surface area contributed by atoms with Crippen molar-refractivity contribution in [2.24, 2.45) is 0 Å². The van der Waals surface area contributed by atoms with E-state index in [9.17, 15) is 0 Å². The van der Waals surface area contributed by atoms with Crippen LogP contribution in [0.1, 0.15) is 0 Å². The number of nitrogens with two attached hydrogens (primary N) is 1. The first-order valence-electron chi connectivity index (χ1n) is 4.25. The van der Waals surface area contributed by atoms with Crippen molar-refractivity contribution < 1.29 is 9.47 Å². The molecule has 1 aromatic rings. The number of nitrogens with zero attached hydrogens (tertiary/aromatic N) is 2. The van der Waals surface area contributed by atoms with Crippen LogP contribution in [-0.4, -0.2) is 37.0 Å². The van der Waals surface area contributed by atoms with E-state index >= 15 is 0 Å². The van der Waals surface area contributed by atoms with E-state index in [1.807, 2.05) is 0 Å². The van der Waals surface area contributed by atoms with Gasteiger partial charge in [0.15, 0.2) is 6.29 Å². The molecule has 0 atom stereocenters. The predicted molar refractivity (Wildman–Crippen MR) is 57.8 cm³/mol. The van der Waals surface area contributed by atoms with Gasteiger partial charge in [0.05, 0.1) is 6.54 Å². The molecule has 0 bridgehead atoms. The van der Waals surface area contributed by atoms with Gasteiger partial charge in [0.25, 0.3) is 0 Å². The van der Waals surface area contributed by atoms with Gasteiger partial charge in [-0.2, -0.15) is 4.98 Å². The van der Waals surface area contributed by atoms with Crippen molar-refractivity contribution in [3.63, 3.8) is 0 Å². The Morgan fingerprint density at radius 3 is 2.67 bits per heavy atom. The molecule has 15 heavy (non-hydrogen) atoms. The summed E-state index contributed by atoms with van der Waals surface area (Å²) in [5, 5.41) is 3.25. The maximum absolute atomic E-state index is 5.70. The topological polar surface area (TPSA) is 82.3 Å². The fourth-order valence-electron chi connectivity index (χ4n) is 0.977. The van der Waals surface area contributed by atoms with Crippen molar-refractivity contribution in [3.05, 3.63) is 11.2 Å². The third-order valence-corrected chi connectivity index (χ3v) is 1.88. The molecule has 7 heteroatoms. The van der Waals surface area contributed by atoms with Crippen LogP contribution in [-0.2, 0) is 9.47 Å². The van der Waals surface area contributed by atoms with Crippen molar-refractivity contribution >= 4 is 23.4 Å². The molecule has 0 aliphatic carbocycles. The number of halogens is 1. The molecule has 0 unspecified atom stereocenters. The van der Waals surface area contributed by atoms with Gasteiger partial charge in [-0.1, -0.05) is 11.6 Å². The molecule has 6 nitrogen and oxygen atoms in total. The third-order valence-electron chi connectivity index (χ3n) is 1.69. The Bertz CT molecular complexity index is 299. The van der Waals surface area contributed by atoms with E-state index in [0.717, 1.165) is 0 Å². The lowest BCUT2D eigenvalue weighted by molar-refractivity contribution is -0.0914. The average molecular weight is 233 g/mol. The minimum atomic E-state index is -0.347. The number of methoxy groups -OCH3 is 2. The van der Waals surface area contributed by atoms with E-state index in [-0.39, 0.29) is 17.4 Å². The second kappa shape index (κ2) is 5.69. The van der Waals surface area contributed by atoms with E-state index < -0.39 is 0 Å². The molecule has 0 aliphatic rings. The minimum absolute atomic E-state index is 0.122. The number of hydrogen-bond acceptors (Lipinski definition) is 6. The van der Waals surface area contributed by atoms with Gasteiger partial charge in [-0.25, -0.2) is 4.98 Å². The van der Waals surface area contributed by atoms with Crippen LogP contribution in [0.4, 0.5) is 11.8 Å². The fraction of sp³-hybridized carbons (Fsp3) is 0.500. The molecule has 0 aromatic carbocycles. The first-order valence-corrected chi connectivity index (χ1v) is 4.63. The number of anilines is 2. The molecule has 0 saturated heterocycles. The second-order valence-electron chi connectivity index (χ2n) is 2.72. The molecule has 0 saturated carbocycles. The van der Waals surface area contributed by atoms with Crippen LogP contribution in [0.2, 0.25) is 5.15 Å². The zero-order valence-corrected chi connectivity index (χ0v) is 9.28. The Hall–Kier alpha value is -1.11. The summed E-state index contributed by atoms with van der Waals surface area (Å²) in [5.41, 5.74) is 5.42. The zero-order valence-electron chi connectivity index (χ0n) is 8.53. The lowest BCUT2D eigenvalue weighted by Gasteiger charge is -2.14. The lowest BCUT2D eigenvalue weighted by Crippen LogP contribution is -2.24. The Morgan fingerprint density at radius 2 is 2.13 bits per heavy atom. The van der Waals surface area contributed by atoms with Gasteiger partial charge in [0.1, 0.15) is 11.0 Å². The first kappa shape index (κ1) is 12.0. The maximum Gasteiger partial charge on any atom is 0.223 e. The molecule has 0 amide bonds. The van der Waals surface area contributed by atoms with Gasteiger partial charge in [0.2, 0.25) is 5.95 Å². The number of hydrogen-bond donors (Lipinski definition) is 2. The maximum atomic E-state index is 5.70. The van der Waals surface area contributed by atoms with Crippen molar-refractivity contribution in [2.45, 2.75) is 6.29 Å². The van der Waals surface area contributed by atoms with Crippen LogP contribution in [0, 0.1) is 0 Å². The smallest absolute Gasteiger partial charge is 0.223 e. The molecule has 0 aliphatic heterocycles. The molecule has 1 aromatic heterocycles. The standard InChI is InChI=1S/C8H13ClN4O2/c1-14-7(15-2)4-11-6-3-5(9)12-8(10)13-6/h3,7H,4H2,1-2H3,(H3,10,11,12,13). The van der Waals surface area contributed by atoms with Crippen LogP contribution >= 0.6 is 11.6 Å². The van der Waals surface area contributed by atoms with E-state index in [1.165, 1.54) is 0 Å². The van der Waals surface area contributed by atoms with Crippen LogP contribution in [0.25, 0.3) is 0 Å². The summed E-state index contributed by atoms with van der Waals surface area (Å²) in [7, 11) is 3.11. The zero-order chi connectivity index (χ0) is 11.3. The van der Waals surface area contributed by atoms with Crippen LogP contribution in [0.5, 0.6) is 0 Å². The summed E-state index contributed by atoms with van der Waals surface area (Å²) < 4.78 is 9.98. The Kier molecular flexibility index (Phi) is 4.54. The molecule has 1 heterocycles. The van der Waals surface area contributed by atoms with Crippen molar-refractivity contribution in [1.82, 2.24) is 9.97 Å². The molecule has 0 fully saturated rings. The summed E-state index contributed by atoms with van der Waals surface area (Å²) in [6, 6.07) is 1.57. The highest BCUT2D eigenvalue weighted by atomic mass is 35.5. The number of aromatic nitrogens is 2. The third kappa shape index (κ3) is 3.86. The average Bonchev–Trinajstić information content (AvgIpc) is 2.18. The molecule has 0 radical (unpaired) electrons. The van der Waals surface area contributed by atoms with Crippen LogP contribution in [0.3, 0.4) is 0 Å². The van der Waals surface area contributed by atoms with E-state index in [4.69, 9.17) is 26.8 Å². The molecular formula is C8H13ClN4O2. The Balaban J connectivity index is 2.57. The summed E-state index contributed by atoms with van der Waals surface area (Å²) in [5.74, 6) is 0.656. The summed E-state index contributed by atoms with van der Waals surface area (Å²) >= 11 is 5.70. The predicted octanol–water partition coefficient (Wildman–Crippen LogP) is 0.743. The highest BCUT2D eigenvalue weighted by molar-refractivity contribution is 6.29. The Morgan fingerprint density at radius 1 is 1.47 bits per heavy atom. The SMILES string of the molecule is COC(CNc1cc(Cl)nc(N)n1)OC. The lowest BCUT2D eigenvalue weighted by atomic mass is 10.5. The largest absolute Gasteiger partial charge is 0.368 e. The van der Waals surface area contributed by atoms with E-state index in [0.29, 0.717) is 12.4 Å². The first-order chi connectivity index (χ1) is 7.15. The van der Waals surface area contributed by atoms with Crippen LogP contribution in [0.15, 0.2) is 6.07 Å². The molecule has 84 valence electrons. The van der Waals surface area contributed by atoms with Gasteiger partial charge in [-0.05, 0) is 0 Å². The normalized spacial score (nSPS) is 10.7. The van der Waals surface area contributed by atoms with E-state index in [1.54, 1.807) is 20.3 Å². The molecule has 1 rings (SSSR count). The highest BCUT2D eigenvalue weighted by Crippen LogP contribution is 2.12. The number of rotatable bonds is 5. The summed E-state index contributed by atoms with van der Waals surface area (Å²) in [6.45, 7) is 0.444. The molecular weight excluding hydrogens is 220 g/mol. The Labute approximate surface area is 92.8 Å². The second-order valence-corrected chi connectivity index (χ2v) is 3.10. The van der Waals surface area contributed by atoms with E-state index in [2.05, 4.69) is 15.3 Å². The van der Waals surface area contributed by atoms with Gasteiger partial charge in [-0.15, -0.1) is 0 Å². The van der Waals surface area contributed by atoms with Crippen molar-refractivity contribution in [3.8, 4) is 0 Å². The quantitative estimate of drug-likeness (QED) is 0.576. The minimum Gasteiger partial charge on any atom is -0.368 e. The molecule has 3 N–H and O–H groups in total. The van der Waals surface area contributed by atoms with Gasteiger partial charge in [0, 0.05) is 20.3 Å². The number of nitrogen functional groups attached to an aromatic ring is 1. The highest BCUT2D eigenvalue weighted by Gasteiger charge is 2.06. The fourth-order valence-corrected chi connectivity index (χ4v) is 1.17. The van der Waals surface area contributed by atoms with Gasteiger partial charge in [-0.3, -0.25) is 0 Å².